The molecule has 1 aliphatic rings. The summed E-state index contributed by atoms with van der Waals surface area (Å²) in [6.45, 7) is 8.25. The van der Waals surface area contributed by atoms with Crippen LogP contribution < -0.4 is 10.2 Å². The topological polar surface area (TPSA) is 72.3 Å². The molecule has 1 aliphatic heterocycles. The third-order valence-electron chi connectivity index (χ3n) is 4.01. The van der Waals surface area contributed by atoms with Crippen molar-refractivity contribution < 1.29 is 4.79 Å². The molecule has 1 N–H and O–H groups in total. The number of carbonyl (C=O) groups is 1. The minimum atomic E-state index is -0.277. The summed E-state index contributed by atoms with van der Waals surface area (Å²) in [6.07, 6.45) is 0.739. The minimum Gasteiger partial charge on any atom is -0.346 e. The van der Waals surface area contributed by atoms with Crippen molar-refractivity contribution in [2.24, 2.45) is 5.92 Å². The van der Waals surface area contributed by atoms with Gasteiger partial charge >= 0.3 is 0 Å². The van der Waals surface area contributed by atoms with Gasteiger partial charge in [0.15, 0.2) is 5.13 Å². The van der Waals surface area contributed by atoms with Crippen LogP contribution in [0, 0.1) is 17.2 Å². The highest BCUT2D eigenvalue weighted by atomic mass is 32.1. The molecule has 7 heteroatoms. The Hall–Kier alpha value is -1.65. The molecule has 0 aromatic carbocycles. The van der Waals surface area contributed by atoms with E-state index in [2.05, 4.69) is 36.0 Å². The molecule has 1 fully saturated rings. The smallest absolute Gasteiger partial charge is 0.230 e. The van der Waals surface area contributed by atoms with Crippen LogP contribution in [0.15, 0.2) is 5.38 Å². The minimum absolute atomic E-state index is 0.0445. The first-order valence-electron chi connectivity index (χ1n) is 8.04. The van der Waals surface area contributed by atoms with E-state index in [0.29, 0.717) is 5.92 Å². The number of nitrogens with one attached hydrogen (secondary N) is 1. The number of carbonyl (C=O) groups excluding carboxylic acids is 1. The summed E-state index contributed by atoms with van der Waals surface area (Å²) in [5, 5.41) is 14.3. The molecule has 126 valence electrons. The van der Waals surface area contributed by atoms with E-state index in [0.717, 1.165) is 43.4 Å². The largest absolute Gasteiger partial charge is 0.346 e. The lowest BCUT2D eigenvalue weighted by atomic mass is 9.94. The van der Waals surface area contributed by atoms with Gasteiger partial charge in [0.25, 0.3) is 0 Å². The van der Waals surface area contributed by atoms with E-state index in [4.69, 9.17) is 10.2 Å². The maximum Gasteiger partial charge on any atom is 0.230 e. The summed E-state index contributed by atoms with van der Waals surface area (Å²) >= 11 is 1.61. The first-order chi connectivity index (χ1) is 11.0. The predicted octanol–water partition coefficient (Wildman–Crippen LogP) is 1.66. The van der Waals surface area contributed by atoms with Gasteiger partial charge in [0.05, 0.1) is 17.7 Å². The molecule has 1 saturated heterocycles. The molecule has 23 heavy (non-hydrogen) atoms. The van der Waals surface area contributed by atoms with Gasteiger partial charge in [0, 0.05) is 31.6 Å². The number of amides is 1. The van der Waals surface area contributed by atoms with Gasteiger partial charge in [-0.05, 0) is 19.4 Å². The molecule has 0 bridgehead atoms. The van der Waals surface area contributed by atoms with Crippen LogP contribution >= 0.6 is 11.3 Å². The van der Waals surface area contributed by atoms with Crippen molar-refractivity contribution >= 4 is 22.4 Å². The quantitative estimate of drug-likeness (QED) is 0.801. The molecule has 0 radical (unpaired) electrons. The Labute approximate surface area is 142 Å². The molecule has 0 spiro atoms. The van der Waals surface area contributed by atoms with Gasteiger partial charge in [-0.15, -0.1) is 11.3 Å². The van der Waals surface area contributed by atoms with E-state index in [1.807, 2.05) is 11.4 Å². The number of hydrogen-bond donors (Lipinski definition) is 1. The van der Waals surface area contributed by atoms with E-state index in [1.165, 1.54) is 0 Å². The van der Waals surface area contributed by atoms with Crippen molar-refractivity contribution in [3.8, 4) is 6.07 Å². The molecule has 1 aromatic heterocycles. The number of anilines is 1. The molecule has 2 rings (SSSR count). The van der Waals surface area contributed by atoms with Crippen LogP contribution in [-0.4, -0.2) is 55.6 Å². The van der Waals surface area contributed by atoms with E-state index < -0.39 is 0 Å². The average Bonchev–Trinajstić information content (AvgIpc) is 3.00. The molecule has 6 nitrogen and oxygen atoms in total. The van der Waals surface area contributed by atoms with Crippen molar-refractivity contribution in [2.45, 2.75) is 26.2 Å². The van der Waals surface area contributed by atoms with Crippen LogP contribution in [0.2, 0.25) is 0 Å². The van der Waals surface area contributed by atoms with Crippen molar-refractivity contribution in [3.05, 3.63) is 11.1 Å². The Morgan fingerprint density at radius 3 is 2.74 bits per heavy atom. The first-order valence-corrected chi connectivity index (χ1v) is 8.92. The number of likely N-dealkylation sites (N-methyl/N-ethyl adjacent to an activating group) is 1. The summed E-state index contributed by atoms with van der Waals surface area (Å²) < 4.78 is 0. The number of piperazine rings is 1. The highest BCUT2D eigenvalue weighted by Crippen LogP contribution is 2.29. The van der Waals surface area contributed by atoms with Crippen molar-refractivity contribution in [1.82, 2.24) is 15.2 Å². The predicted molar refractivity (Wildman–Crippen MR) is 92.6 cm³/mol. The summed E-state index contributed by atoms with van der Waals surface area (Å²) in [5.74, 6) is 0.0120. The van der Waals surface area contributed by atoms with Crippen molar-refractivity contribution in [1.29, 1.82) is 5.26 Å². The van der Waals surface area contributed by atoms with Crippen LogP contribution in [0.5, 0.6) is 0 Å². The van der Waals surface area contributed by atoms with Crippen molar-refractivity contribution in [3.63, 3.8) is 0 Å². The number of nitrogens with zero attached hydrogens (tertiary/aromatic N) is 4. The Balaban J connectivity index is 2.10. The highest BCUT2D eigenvalue weighted by molar-refractivity contribution is 7.13. The molecule has 0 saturated carbocycles. The normalized spacial score (nSPS) is 17.1. The maximum atomic E-state index is 12.3. The SMILES string of the molecule is CC(C)CC(C(=O)NCC#N)c1csc(N2CCN(C)CC2)n1. The fourth-order valence-electron chi connectivity index (χ4n) is 2.66. The van der Waals surface area contributed by atoms with Gasteiger partial charge in [-0.2, -0.15) is 5.26 Å². The summed E-state index contributed by atoms with van der Waals surface area (Å²) in [4.78, 5) is 21.7. The third kappa shape index (κ3) is 4.91. The fourth-order valence-corrected chi connectivity index (χ4v) is 3.60. The van der Waals surface area contributed by atoms with Gasteiger partial charge in [-0.25, -0.2) is 4.98 Å². The summed E-state index contributed by atoms with van der Waals surface area (Å²) in [6, 6.07) is 1.96. The lowest BCUT2D eigenvalue weighted by molar-refractivity contribution is -0.122. The second kappa shape index (κ2) is 8.27. The summed E-state index contributed by atoms with van der Waals surface area (Å²) in [7, 11) is 2.13. The Morgan fingerprint density at radius 2 is 2.13 bits per heavy atom. The molecule has 2 heterocycles. The second-order valence-corrected chi connectivity index (χ2v) is 7.24. The van der Waals surface area contributed by atoms with Gasteiger partial charge in [-0.1, -0.05) is 13.8 Å². The fraction of sp³-hybridized carbons (Fsp3) is 0.688. The zero-order valence-electron chi connectivity index (χ0n) is 14.1. The van der Waals surface area contributed by atoms with E-state index in [9.17, 15) is 4.79 Å². The number of hydrogen-bond acceptors (Lipinski definition) is 6. The number of rotatable bonds is 6. The number of thiazole rings is 1. The van der Waals surface area contributed by atoms with Gasteiger partial charge in [0.2, 0.25) is 5.91 Å². The standard InChI is InChI=1S/C16H25N5OS/c1-12(2)10-13(15(22)18-5-4-17)14-11-23-16(19-14)21-8-6-20(3)7-9-21/h11-13H,5-10H2,1-3H3,(H,18,22). The van der Waals surface area contributed by atoms with Crippen molar-refractivity contribution in [2.75, 3.05) is 44.7 Å². The molecule has 1 unspecified atom stereocenters. The van der Waals surface area contributed by atoms with Crippen LogP contribution in [0.4, 0.5) is 5.13 Å². The average molecular weight is 335 g/mol. The zero-order valence-corrected chi connectivity index (χ0v) is 14.9. The van der Waals surface area contributed by atoms with Gasteiger partial charge < -0.3 is 15.1 Å². The van der Waals surface area contributed by atoms with Gasteiger partial charge in [0.1, 0.15) is 6.54 Å². The molecule has 1 aromatic rings. The van der Waals surface area contributed by atoms with E-state index in [1.54, 1.807) is 11.3 Å². The van der Waals surface area contributed by atoms with Gasteiger partial charge in [-0.3, -0.25) is 4.79 Å². The number of aromatic nitrogens is 1. The van der Waals surface area contributed by atoms with Crippen LogP contribution in [-0.2, 0) is 4.79 Å². The van der Waals surface area contributed by atoms with Crippen LogP contribution in [0.25, 0.3) is 0 Å². The second-order valence-electron chi connectivity index (χ2n) is 6.40. The van der Waals surface area contributed by atoms with E-state index >= 15 is 0 Å². The molecular weight excluding hydrogens is 310 g/mol. The molecular formula is C16H25N5OS. The molecule has 1 amide bonds. The Morgan fingerprint density at radius 1 is 1.43 bits per heavy atom. The monoisotopic (exact) mass is 335 g/mol. The first kappa shape index (κ1) is 17.7. The van der Waals surface area contributed by atoms with E-state index in [-0.39, 0.29) is 18.4 Å². The molecule has 1 atom stereocenters. The van der Waals surface area contributed by atoms with Crippen LogP contribution in [0.3, 0.4) is 0 Å². The lowest BCUT2D eigenvalue weighted by Crippen LogP contribution is -2.44. The highest BCUT2D eigenvalue weighted by Gasteiger charge is 2.26. The van der Waals surface area contributed by atoms with Crippen LogP contribution in [0.1, 0.15) is 31.9 Å². The molecule has 0 aliphatic carbocycles. The Bertz CT molecular complexity index is 557. The Kier molecular flexibility index (Phi) is 6.37. The zero-order chi connectivity index (χ0) is 16.8. The lowest BCUT2D eigenvalue weighted by Gasteiger charge is -2.32. The maximum absolute atomic E-state index is 12.3. The summed E-state index contributed by atoms with van der Waals surface area (Å²) in [5.41, 5.74) is 0.827. The number of nitriles is 1. The third-order valence-corrected chi connectivity index (χ3v) is 4.93.